The number of hydrogen-bond donors (Lipinski definition) is 2. The number of nitrogens with two attached hydrogens (primary N) is 1. The van der Waals surface area contributed by atoms with Crippen molar-refractivity contribution in [1.82, 2.24) is 4.98 Å². The number of nitrogens with zero attached hydrogens (tertiary/aromatic N) is 1. The van der Waals surface area contributed by atoms with E-state index in [0.29, 0.717) is 24.7 Å². The predicted octanol–water partition coefficient (Wildman–Crippen LogP) is 1.51. The molecule has 1 aromatic rings. The maximum absolute atomic E-state index is 5.75. The van der Waals surface area contributed by atoms with Crippen molar-refractivity contribution in [2.75, 3.05) is 31.3 Å². The molecule has 3 N–H and O–H groups in total. The Morgan fingerprint density at radius 1 is 1.44 bits per heavy atom. The molecule has 1 rings (SSSR count). The van der Waals surface area contributed by atoms with Crippen LogP contribution in [0.1, 0.15) is 13.8 Å². The molecular weight excluding hydrogens is 206 g/mol. The first-order valence-electron chi connectivity index (χ1n) is 5.29. The van der Waals surface area contributed by atoms with E-state index in [2.05, 4.69) is 10.3 Å². The summed E-state index contributed by atoms with van der Waals surface area (Å²) in [6.45, 7) is 5.21. The molecular formula is C11H19N3O2. The zero-order valence-electron chi connectivity index (χ0n) is 9.99. The largest absolute Gasteiger partial charge is 0.473 e. The maximum atomic E-state index is 5.75. The van der Waals surface area contributed by atoms with Gasteiger partial charge in [-0.2, -0.15) is 4.98 Å². The summed E-state index contributed by atoms with van der Waals surface area (Å²) in [5.41, 5.74) is 6.30. The Hall–Kier alpha value is -1.49. The summed E-state index contributed by atoms with van der Waals surface area (Å²) in [4.78, 5) is 4.27. The molecule has 0 aliphatic carbocycles. The summed E-state index contributed by atoms with van der Waals surface area (Å²) >= 11 is 0. The van der Waals surface area contributed by atoms with E-state index in [4.69, 9.17) is 15.2 Å². The highest BCUT2D eigenvalue weighted by atomic mass is 16.5. The van der Waals surface area contributed by atoms with Crippen LogP contribution in [0.4, 0.5) is 11.5 Å². The molecule has 0 saturated heterocycles. The summed E-state index contributed by atoms with van der Waals surface area (Å²) in [5.74, 6) is 1.21. The molecule has 0 aliphatic heterocycles. The topological polar surface area (TPSA) is 69.4 Å². The van der Waals surface area contributed by atoms with Crippen LogP contribution in [0.5, 0.6) is 5.88 Å². The third-order valence-electron chi connectivity index (χ3n) is 1.85. The molecule has 16 heavy (non-hydrogen) atoms. The van der Waals surface area contributed by atoms with Gasteiger partial charge in [-0.1, -0.05) is 0 Å². The second-order valence-electron chi connectivity index (χ2n) is 3.68. The molecule has 5 heteroatoms. The fourth-order valence-electron chi connectivity index (χ4n) is 1.15. The number of methoxy groups -OCH3 is 1. The van der Waals surface area contributed by atoms with E-state index in [9.17, 15) is 0 Å². The zero-order chi connectivity index (χ0) is 12.0. The normalized spacial score (nSPS) is 10.5. The van der Waals surface area contributed by atoms with Crippen molar-refractivity contribution in [2.24, 2.45) is 0 Å². The second kappa shape index (κ2) is 6.17. The van der Waals surface area contributed by atoms with E-state index < -0.39 is 0 Å². The van der Waals surface area contributed by atoms with Gasteiger partial charge in [-0.25, -0.2) is 0 Å². The van der Waals surface area contributed by atoms with Gasteiger partial charge in [-0.15, -0.1) is 0 Å². The van der Waals surface area contributed by atoms with Crippen LogP contribution in [0.2, 0.25) is 0 Å². The average molecular weight is 225 g/mol. The molecule has 0 fully saturated rings. The summed E-state index contributed by atoms with van der Waals surface area (Å²) in [7, 11) is 1.66. The van der Waals surface area contributed by atoms with Gasteiger partial charge in [0.1, 0.15) is 5.82 Å². The highest BCUT2D eigenvalue weighted by molar-refractivity contribution is 5.53. The van der Waals surface area contributed by atoms with Gasteiger partial charge in [0.25, 0.3) is 0 Å². The molecule has 1 aromatic heterocycles. The van der Waals surface area contributed by atoms with Gasteiger partial charge in [-0.3, -0.25) is 0 Å². The van der Waals surface area contributed by atoms with Gasteiger partial charge in [0.05, 0.1) is 18.4 Å². The lowest BCUT2D eigenvalue weighted by Gasteiger charge is -2.12. The van der Waals surface area contributed by atoms with Crippen LogP contribution < -0.4 is 15.8 Å². The number of nitrogen functional groups attached to an aromatic ring is 1. The van der Waals surface area contributed by atoms with Gasteiger partial charge in [0.2, 0.25) is 5.88 Å². The van der Waals surface area contributed by atoms with Crippen LogP contribution in [0.25, 0.3) is 0 Å². The molecule has 0 aliphatic rings. The van der Waals surface area contributed by atoms with E-state index >= 15 is 0 Å². The highest BCUT2D eigenvalue weighted by Crippen LogP contribution is 2.21. The Bertz CT molecular complexity index is 329. The molecule has 0 saturated carbocycles. The fraction of sp³-hybridized carbons (Fsp3) is 0.545. The molecule has 90 valence electrons. The summed E-state index contributed by atoms with van der Waals surface area (Å²) in [6.07, 6.45) is 0.0593. The standard InChI is InChI=1S/C11H19N3O2/c1-8(2)16-11-9(12)4-5-10(14-11)13-6-7-15-3/h4-5,8H,6-7,12H2,1-3H3,(H,13,14). The number of aromatic nitrogens is 1. The third kappa shape index (κ3) is 3.94. The maximum Gasteiger partial charge on any atom is 0.239 e. The summed E-state index contributed by atoms with van der Waals surface area (Å²) < 4.78 is 10.4. The lowest BCUT2D eigenvalue weighted by atomic mass is 10.4. The van der Waals surface area contributed by atoms with Crippen molar-refractivity contribution in [1.29, 1.82) is 0 Å². The Morgan fingerprint density at radius 2 is 2.19 bits per heavy atom. The highest BCUT2D eigenvalue weighted by Gasteiger charge is 2.05. The molecule has 0 amide bonds. The lowest BCUT2D eigenvalue weighted by molar-refractivity contribution is 0.210. The van der Waals surface area contributed by atoms with Gasteiger partial charge < -0.3 is 20.5 Å². The molecule has 0 spiro atoms. The van der Waals surface area contributed by atoms with Crippen LogP contribution in [-0.4, -0.2) is 31.3 Å². The minimum atomic E-state index is 0.0593. The number of ether oxygens (including phenoxy) is 2. The van der Waals surface area contributed by atoms with Crippen molar-refractivity contribution in [3.8, 4) is 5.88 Å². The fourth-order valence-corrected chi connectivity index (χ4v) is 1.15. The second-order valence-corrected chi connectivity index (χ2v) is 3.68. The van der Waals surface area contributed by atoms with Crippen LogP contribution in [0.15, 0.2) is 12.1 Å². The first-order valence-corrected chi connectivity index (χ1v) is 5.29. The number of nitrogens with one attached hydrogen (secondary N) is 1. The minimum Gasteiger partial charge on any atom is -0.473 e. The van der Waals surface area contributed by atoms with Crippen LogP contribution in [0, 0.1) is 0 Å². The number of anilines is 2. The van der Waals surface area contributed by atoms with E-state index in [1.807, 2.05) is 19.9 Å². The number of hydrogen-bond acceptors (Lipinski definition) is 5. The Kier molecular flexibility index (Phi) is 4.85. The van der Waals surface area contributed by atoms with E-state index in [1.165, 1.54) is 0 Å². The van der Waals surface area contributed by atoms with Gasteiger partial charge >= 0.3 is 0 Å². The molecule has 0 bridgehead atoms. The number of pyridine rings is 1. The Morgan fingerprint density at radius 3 is 2.81 bits per heavy atom. The van der Waals surface area contributed by atoms with Gasteiger partial charge in [0, 0.05) is 13.7 Å². The molecule has 0 unspecified atom stereocenters. The summed E-state index contributed by atoms with van der Waals surface area (Å²) in [5, 5.41) is 3.11. The van der Waals surface area contributed by atoms with E-state index in [1.54, 1.807) is 13.2 Å². The quantitative estimate of drug-likeness (QED) is 0.718. The first-order chi connectivity index (χ1) is 7.63. The van der Waals surface area contributed by atoms with E-state index in [0.717, 1.165) is 5.82 Å². The molecule has 0 atom stereocenters. The van der Waals surface area contributed by atoms with Crippen molar-refractivity contribution in [3.05, 3.63) is 12.1 Å². The van der Waals surface area contributed by atoms with Crippen LogP contribution in [-0.2, 0) is 4.74 Å². The van der Waals surface area contributed by atoms with Crippen molar-refractivity contribution < 1.29 is 9.47 Å². The van der Waals surface area contributed by atoms with Crippen molar-refractivity contribution >= 4 is 11.5 Å². The van der Waals surface area contributed by atoms with Crippen molar-refractivity contribution in [2.45, 2.75) is 20.0 Å². The summed E-state index contributed by atoms with van der Waals surface area (Å²) in [6, 6.07) is 3.60. The molecule has 5 nitrogen and oxygen atoms in total. The van der Waals surface area contributed by atoms with Crippen molar-refractivity contribution in [3.63, 3.8) is 0 Å². The Balaban J connectivity index is 2.65. The van der Waals surface area contributed by atoms with Crippen LogP contribution >= 0.6 is 0 Å². The Labute approximate surface area is 96.0 Å². The third-order valence-corrected chi connectivity index (χ3v) is 1.85. The van der Waals surface area contributed by atoms with Gasteiger partial charge in [0.15, 0.2) is 0 Å². The minimum absolute atomic E-state index is 0.0593. The van der Waals surface area contributed by atoms with Gasteiger partial charge in [-0.05, 0) is 26.0 Å². The molecule has 0 radical (unpaired) electrons. The molecule has 0 aromatic carbocycles. The smallest absolute Gasteiger partial charge is 0.239 e. The lowest BCUT2D eigenvalue weighted by Crippen LogP contribution is -2.12. The zero-order valence-corrected chi connectivity index (χ0v) is 9.99. The average Bonchev–Trinajstić information content (AvgIpc) is 2.22. The number of rotatable bonds is 6. The monoisotopic (exact) mass is 225 g/mol. The molecule has 1 heterocycles. The SMILES string of the molecule is COCCNc1ccc(N)c(OC(C)C)n1. The predicted molar refractivity (Wildman–Crippen MR) is 64.8 cm³/mol. The first kappa shape index (κ1) is 12.6. The van der Waals surface area contributed by atoms with Crippen LogP contribution in [0.3, 0.4) is 0 Å². The van der Waals surface area contributed by atoms with E-state index in [-0.39, 0.29) is 6.10 Å².